The summed E-state index contributed by atoms with van der Waals surface area (Å²) in [5, 5.41) is 11.7. The number of anilines is 1. The average molecular weight is 246 g/mol. The molecule has 2 rings (SSSR count). The molecule has 0 saturated heterocycles. The SMILES string of the molecule is NC1C=CC(C(=O)Nc2ccc(CCO)cc2)C1. The Bertz CT molecular complexity index is 440. The number of rotatable bonds is 4. The molecule has 0 bridgehead atoms. The summed E-state index contributed by atoms with van der Waals surface area (Å²) in [6.07, 6.45) is 5.04. The van der Waals surface area contributed by atoms with Crippen LogP contribution < -0.4 is 11.1 Å². The summed E-state index contributed by atoms with van der Waals surface area (Å²) in [4.78, 5) is 11.9. The predicted molar refractivity (Wildman–Crippen MR) is 71.1 cm³/mol. The summed E-state index contributed by atoms with van der Waals surface area (Å²) in [6, 6.07) is 7.50. The zero-order valence-corrected chi connectivity index (χ0v) is 10.2. The Morgan fingerprint density at radius 3 is 2.61 bits per heavy atom. The van der Waals surface area contributed by atoms with E-state index >= 15 is 0 Å². The molecule has 1 aliphatic rings. The van der Waals surface area contributed by atoms with E-state index in [0.717, 1.165) is 11.3 Å². The maximum atomic E-state index is 11.9. The maximum Gasteiger partial charge on any atom is 0.231 e. The van der Waals surface area contributed by atoms with Crippen LogP contribution in [0.25, 0.3) is 0 Å². The van der Waals surface area contributed by atoms with Crippen molar-refractivity contribution in [2.24, 2.45) is 11.7 Å². The molecule has 4 N–H and O–H groups in total. The normalized spacial score (nSPS) is 22.1. The van der Waals surface area contributed by atoms with Crippen LogP contribution in [0.4, 0.5) is 5.69 Å². The molecule has 0 saturated carbocycles. The van der Waals surface area contributed by atoms with Gasteiger partial charge in [-0.1, -0.05) is 24.3 Å². The van der Waals surface area contributed by atoms with Crippen LogP contribution in [0.3, 0.4) is 0 Å². The van der Waals surface area contributed by atoms with Gasteiger partial charge in [0.25, 0.3) is 0 Å². The molecule has 1 amide bonds. The van der Waals surface area contributed by atoms with Gasteiger partial charge in [-0.15, -0.1) is 0 Å². The Labute approximate surface area is 107 Å². The number of aliphatic hydroxyl groups is 1. The molecule has 4 heteroatoms. The first-order chi connectivity index (χ1) is 8.69. The molecule has 1 aromatic rings. The summed E-state index contributed by atoms with van der Waals surface area (Å²) >= 11 is 0. The summed E-state index contributed by atoms with van der Waals surface area (Å²) < 4.78 is 0. The Kier molecular flexibility index (Phi) is 4.12. The summed E-state index contributed by atoms with van der Waals surface area (Å²) in [5.41, 5.74) is 7.55. The van der Waals surface area contributed by atoms with Crippen molar-refractivity contribution in [3.8, 4) is 0 Å². The molecule has 1 aromatic carbocycles. The highest BCUT2D eigenvalue weighted by molar-refractivity contribution is 5.94. The van der Waals surface area contributed by atoms with E-state index in [1.165, 1.54) is 0 Å². The van der Waals surface area contributed by atoms with E-state index in [0.29, 0.717) is 12.8 Å². The first-order valence-corrected chi connectivity index (χ1v) is 6.13. The number of carbonyl (C=O) groups excluding carboxylic acids is 1. The minimum atomic E-state index is -0.128. The lowest BCUT2D eigenvalue weighted by molar-refractivity contribution is -0.118. The Hall–Kier alpha value is -1.65. The van der Waals surface area contributed by atoms with Gasteiger partial charge in [0.1, 0.15) is 0 Å². The van der Waals surface area contributed by atoms with Gasteiger partial charge in [0.05, 0.1) is 5.92 Å². The number of hydrogen-bond acceptors (Lipinski definition) is 3. The molecule has 96 valence electrons. The van der Waals surface area contributed by atoms with Crippen molar-refractivity contribution in [2.75, 3.05) is 11.9 Å². The van der Waals surface area contributed by atoms with E-state index in [2.05, 4.69) is 5.32 Å². The van der Waals surface area contributed by atoms with Crippen LogP contribution in [0.1, 0.15) is 12.0 Å². The lowest BCUT2D eigenvalue weighted by Gasteiger charge is -2.10. The fourth-order valence-corrected chi connectivity index (χ4v) is 2.04. The Balaban J connectivity index is 1.93. The van der Waals surface area contributed by atoms with Crippen LogP contribution in [0.15, 0.2) is 36.4 Å². The van der Waals surface area contributed by atoms with Crippen LogP contribution >= 0.6 is 0 Å². The lowest BCUT2D eigenvalue weighted by atomic mass is 10.1. The molecule has 2 unspecified atom stereocenters. The fraction of sp³-hybridized carbons (Fsp3) is 0.357. The van der Waals surface area contributed by atoms with Crippen molar-refractivity contribution in [3.63, 3.8) is 0 Å². The number of benzene rings is 1. The standard InChI is InChI=1S/C14H18N2O2/c15-12-4-3-11(9-12)14(18)16-13-5-1-10(2-6-13)7-8-17/h1-6,11-12,17H,7-9,15H2,(H,16,18). The molecule has 4 nitrogen and oxygen atoms in total. The number of aliphatic hydroxyl groups excluding tert-OH is 1. The van der Waals surface area contributed by atoms with Gasteiger partial charge in [-0.25, -0.2) is 0 Å². The number of amides is 1. The third kappa shape index (κ3) is 3.18. The third-order valence-electron chi connectivity index (χ3n) is 3.08. The first kappa shape index (κ1) is 12.8. The van der Waals surface area contributed by atoms with Crippen molar-refractivity contribution in [2.45, 2.75) is 18.9 Å². The molecule has 0 aromatic heterocycles. The molecule has 18 heavy (non-hydrogen) atoms. The van der Waals surface area contributed by atoms with E-state index in [9.17, 15) is 4.79 Å². The van der Waals surface area contributed by atoms with E-state index in [1.54, 1.807) is 0 Å². The summed E-state index contributed by atoms with van der Waals surface area (Å²) in [6.45, 7) is 0.135. The van der Waals surface area contributed by atoms with Crippen molar-refractivity contribution in [1.29, 1.82) is 0 Å². The smallest absolute Gasteiger partial charge is 0.231 e. The van der Waals surface area contributed by atoms with Crippen molar-refractivity contribution < 1.29 is 9.90 Å². The zero-order valence-electron chi connectivity index (χ0n) is 10.2. The number of carbonyl (C=O) groups is 1. The zero-order chi connectivity index (χ0) is 13.0. The summed E-state index contributed by atoms with van der Waals surface area (Å²) in [7, 11) is 0. The molecule has 0 radical (unpaired) electrons. The molecule has 2 atom stereocenters. The average Bonchev–Trinajstić information content (AvgIpc) is 2.79. The van der Waals surface area contributed by atoms with Gasteiger partial charge in [-0.3, -0.25) is 4.79 Å². The van der Waals surface area contributed by atoms with Gasteiger partial charge in [0.2, 0.25) is 5.91 Å². The van der Waals surface area contributed by atoms with Crippen LogP contribution in [-0.2, 0) is 11.2 Å². The number of nitrogens with one attached hydrogen (secondary N) is 1. The second kappa shape index (κ2) is 5.80. The molecule has 0 heterocycles. The second-order valence-corrected chi connectivity index (χ2v) is 4.55. The highest BCUT2D eigenvalue weighted by Gasteiger charge is 2.22. The second-order valence-electron chi connectivity index (χ2n) is 4.55. The summed E-state index contributed by atoms with van der Waals surface area (Å²) in [5.74, 6) is -0.147. The highest BCUT2D eigenvalue weighted by atomic mass is 16.2. The first-order valence-electron chi connectivity index (χ1n) is 6.13. The third-order valence-corrected chi connectivity index (χ3v) is 3.08. The minimum absolute atomic E-state index is 0.00678. The van der Waals surface area contributed by atoms with E-state index < -0.39 is 0 Å². The Morgan fingerprint density at radius 2 is 2.06 bits per heavy atom. The number of nitrogens with two attached hydrogens (primary N) is 1. The minimum Gasteiger partial charge on any atom is -0.396 e. The van der Waals surface area contributed by atoms with E-state index in [-0.39, 0.29) is 24.5 Å². The predicted octanol–water partition coefficient (Wildman–Crippen LogP) is 1.06. The topological polar surface area (TPSA) is 75.4 Å². The van der Waals surface area contributed by atoms with Crippen molar-refractivity contribution in [3.05, 3.63) is 42.0 Å². The van der Waals surface area contributed by atoms with Gasteiger partial charge < -0.3 is 16.2 Å². The highest BCUT2D eigenvalue weighted by Crippen LogP contribution is 2.19. The van der Waals surface area contributed by atoms with E-state index in [1.807, 2.05) is 36.4 Å². The molecule has 0 fully saturated rings. The van der Waals surface area contributed by atoms with E-state index in [4.69, 9.17) is 10.8 Å². The number of hydrogen-bond donors (Lipinski definition) is 3. The molecule has 0 aliphatic heterocycles. The maximum absolute atomic E-state index is 11.9. The van der Waals surface area contributed by atoms with Crippen LogP contribution in [0.2, 0.25) is 0 Å². The molecular formula is C14H18N2O2. The van der Waals surface area contributed by atoms with Gasteiger partial charge in [-0.2, -0.15) is 0 Å². The largest absolute Gasteiger partial charge is 0.396 e. The Morgan fingerprint density at radius 1 is 1.33 bits per heavy atom. The van der Waals surface area contributed by atoms with Crippen molar-refractivity contribution in [1.82, 2.24) is 0 Å². The van der Waals surface area contributed by atoms with Crippen LogP contribution in [-0.4, -0.2) is 23.7 Å². The lowest BCUT2D eigenvalue weighted by Crippen LogP contribution is -2.23. The molecule has 0 spiro atoms. The molecular weight excluding hydrogens is 228 g/mol. The van der Waals surface area contributed by atoms with Gasteiger partial charge in [-0.05, 0) is 30.5 Å². The van der Waals surface area contributed by atoms with Gasteiger partial charge >= 0.3 is 0 Å². The van der Waals surface area contributed by atoms with Crippen LogP contribution in [0, 0.1) is 5.92 Å². The van der Waals surface area contributed by atoms with Gasteiger partial charge in [0, 0.05) is 18.3 Å². The van der Waals surface area contributed by atoms with Gasteiger partial charge in [0.15, 0.2) is 0 Å². The quantitative estimate of drug-likeness (QED) is 0.695. The fourth-order valence-electron chi connectivity index (χ4n) is 2.04. The monoisotopic (exact) mass is 246 g/mol. The molecule has 1 aliphatic carbocycles. The van der Waals surface area contributed by atoms with Crippen LogP contribution in [0.5, 0.6) is 0 Å². The van der Waals surface area contributed by atoms with Crippen molar-refractivity contribution >= 4 is 11.6 Å².